The van der Waals surface area contributed by atoms with Gasteiger partial charge in [0, 0.05) is 64.9 Å². The maximum absolute atomic E-state index is 11.8. The molecule has 23 heavy (non-hydrogen) atoms. The summed E-state index contributed by atoms with van der Waals surface area (Å²) in [4.78, 5) is 15.9. The summed E-state index contributed by atoms with van der Waals surface area (Å²) >= 11 is 0. The lowest BCUT2D eigenvalue weighted by Gasteiger charge is -2.34. The second kappa shape index (κ2) is 7.47. The molecule has 128 valence electrons. The Kier molecular flexibility index (Phi) is 5.35. The van der Waals surface area contributed by atoms with Crippen LogP contribution in [0.3, 0.4) is 0 Å². The van der Waals surface area contributed by atoms with Crippen LogP contribution in [0.1, 0.15) is 18.5 Å². The third-order valence-corrected chi connectivity index (χ3v) is 4.78. The van der Waals surface area contributed by atoms with Crippen LogP contribution >= 0.6 is 0 Å². The number of amides is 1. The van der Waals surface area contributed by atoms with E-state index >= 15 is 0 Å². The third-order valence-electron chi connectivity index (χ3n) is 4.78. The predicted octanol–water partition coefficient (Wildman–Crippen LogP) is 0.956. The minimum Gasteiger partial charge on any atom is -0.381 e. The van der Waals surface area contributed by atoms with Crippen LogP contribution in [0.5, 0.6) is 0 Å². The number of likely N-dealkylation sites (N-methyl/N-ethyl adjacent to an activating group) is 1. The zero-order valence-corrected chi connectivity index (χ0v) is 14.1. The van der Waals surface area contributed by atoms with E-state index in [4.69, 9.17) is 9.47 Å². The fraction of sp³-hybridized carbons (Fsp3) is 0.706. The van der Waals surface area contributed by atoms with Crippen LogP contribution in [0.15, 0.2) is 18.3 Å². The van der Waals surface area contributed by atoms with Gasteiger partial charge in [-0.05, 0) is 25.0 Å². The molecule has 3 heterocycles. The average Bonchev–Trinajstić information content (AvgIpc) is 2.91. The number of nitrogens with zero attached hydrogens (tertiary/aromatic N) is 3. The number of aromatic nitrogens is 1. The molecule has 1 aromatic heterocycles. The van der Waals surface area contributed by atoms with Gasteiger partial charge in [0.15, 0.2) is 0 Å². The summed E-state index contributed by atoms with van der Waals surface area (Å²) < 4.78 is 13.7. The Labute approximate surface area is 137 Å². The molecule has 0 radical (unpaired) electrons. The molecule has 6 nitrogen and oxygen atoms in total. The molecule has 0 aliphatic carbocycles. The first-order valence-corrected chi connectivity index (χ1v) is 8.41. The lowest BCUT2D eigenvalue weighted by Crippen LogP contribution is -2.43. The first kappa shape index (κ1) is 16.5. The highest BCUT2D eigenvalue weighted by atomic mass is 16.5. The quantitative estimate of drug-likeness (QED) is 0.829. The van der Waals surface area contributed by atoms with Crippen molar-refractivity contribution in [3.63, 3.8) is 0 Å². The van der Waals surface area contributed by atoms with E-state index in [1.54, 1.807) is 19.0 Å². The standard InChI is InChI=1S/C17H27N3O3/c1-18(2)17(21)13-23-16-11-19-7-3-4-15(19)10-20(12-16)14-5-8-22-9-6-14/h3-4,7,14,16H,5-6,8-13H2,1-2H3/t16-/m1/s1. The van der Waals surface area contributed by atoms with Crippen molar-refractivity contribution in [3.05, 3.63) is 24.0 Å². The molecule has 0 spiro atoms. The highest BCUT2D eigenvalue weighted by Crippen LogP contribution is 2.22. The zero-order chi connectivity index (χ0) is 16.2. The Hall–Kier alpha value is -1.37. The van der Waals surface area contributed by atoms with Crippen LogP contribution in [-0.4, -0.2) is 72.9 Å². The zero-order valence-electron chi connectivity index (χ0n) is 14.1. The molecule has 0 saturated carbocycles. The van der Waals surface area contributed by atoms with Gasteiger partial charge in [0.25, 0.3) is 0 Å². The van der Waals surface area contributed by atoms with Crippen molar-refractivity contribution < 1.29 is 14.3 Å². The number of rotatable bonds is 4. The Morgan fingerprint density at radius 3 is 2.87 bits per heavy atom. The van der Waals surface area contributed by atoms with E-state index in [1.807, 2.05) is 0 Å². The van der Waals surface area contributed by atoms with E-state index in [2.05, 4.69) is 27.8 Å². The van der Waals surface area contributed by atoms with Crippen molar-refractivity contribution >= 4 is 5.91 Å². The molecule has 1 amide bonds. The van der Waals surface area contributed by atoms with Gasteiger partial charge in [-0.25, -0.2) is 0 Å². The topological polar surface area (TPSA) is 46.9 Å². The first-order valence-electron chi connectivity index (χ1n) is 8.41. The van der Waals surface area contributed by atoms with Gasteiger partial charge in [-0.15, -0.1) is 0 Å². The minimum atomic E-state index is 0.0135. The third kappa shape index (κ3) is 4.13. The van der Waals surface area contributed by atoms with Crippen molar-refractivity contribution in [2.75, 3.05) is 40.5 Å². The summed E-state index contributed by atoms with van der Waals surface area (Å²) in [6.45, 7) is 4.45. The summed E-state index contributed by atoms with van der Waals surface area (Å²) in [6.07, 6.45) is 4.29. The maximum atomic E-state index is 11.8. The van der Waals surface area contributed by atoms with Gasteiger partial charge < -0.3 is 18.9 Å². The molecule has 1 atom stereocenters. The minimum absolute atomic E-state index is 0.0135. The summed E-state index contributed by atoms with van der Waals surface area (Å²) in [5.41, 5.74) is 1.32. The monoisotopic (exact) mass is 321 g/mol. The smallest absolute Gasteiger partial charge is 0.248 e. The molecule has 0 N–H and O–H groups in total. The number of hydrogen-bond donors (Lipinski definition) is 0. The van der Waals surface area contributed by atoms with E-state index in [1.165, 1.54) is 5.69 Å². The van der Waals surface area contributed by atoms with Crippen molar-refractivity contribution in [1.82, 2.24) is 14.4 Å². The van der Waals surface area contributed by atoms with Crippen molar-refractivity contribution in [3.8, 4) is 0 Å². The molecule has 0 aromatic carbocycles. The molecule has 3 rings (SSSR count). The van der Waals surface area contributed by atoms with Gasteiger partial charge in [-0.2, -0.15) is 0 Å². The van der Waals surface area contributed by atoms with Gasteiger partial charge in [-0.1, -0.05) is 0 Å². The van der Waals surface area contributed by atoms with Crippen LogP contribution in [-0.2, 0) is 27.4 Å². The summed E-state index contributed by atoms with van der Waals surface area (Å²) in [5, 5.41) is 0. The normalized spacial score (nSPS) is 23.3. The van der Waals surface area contributed by atoms with Crippen LogP contribution in [0.4, 0.5) is 0 Å². The van der Waals surface area contributed by atoms with Crippen molar-refractivity contribution in [1.29, 1.82) is 0 Å². The van der Waals surface area contributed by atoms with Gasteiger partial charge in [0.05, 0.1) is 6.10 Å². The van der Waals surface area contributed by atoms with Crippen LogP contribution < -0.4 is 0 Å². The van der Waals surface area contributed by atoms with E-state index in [9.17, 15) is 4.79 Å². The molecular formula is C17H27N3O3. The highest BCUT2D eigenvalue weighted by Gasteiger charge is 2.28. The summed E-state index contributed by atoms with van der Waals surface area (Å²) in [7, 11) is 3.52. The second-order valence-electron chi connectivity index (χ2n) is 6.65. The number of ether oxygens (including phenoxy) is 2. The number of hydrogen-bond acceptors (Lipinski definition) is 4. The Morgan fingerprint density at radius 1 is 1.35 bits per heavy atom. The first-order chi connectivity index (χ1) is 11.1. The van der Waals surface area contributed by atoms with E-state index in [-0.39, 0.29) is 18.6 Å². The molecule has 1 fully saturated rings. The number of carbonyl (C=O) groups excluding carboxylic acids is 1. The fourth-order valence-corrected chi connectivity index (χ4v) is 3.33. The SMILES string of the molecule is CN(C)C(=O)CO[C@H]1CN(C2CCOCC2)Cc2cccn2C1. The Balaban J connectivity index is 1.68. The van der Waals surface area contributed by atoms with Crippen molar-refractivity contribution in [2.45, 2.75) is 38.1 Å². The fourth-order valence-electron chi connectivity index (χ4n) is 3.33. The lowest BCUT2D eigenvalue weighted by atomic mass is 10.1. The highest BCUT2D eigenvalue weighted by molar-refractivity contribution is 5.76. The number of carbonyl (C=O) groups is 1. The van der Waals surface area contributed by atoms with E-state index < -0.39 is 0 Å². The van der Waals surface area contributed by atoms with Crippen LogP contribution in [0.25, 0.3) is 0 Å². The molecule has 1 saturated heterocycles. The lowest BCUT2D eigenvalue weighted by molar-refractivity contribution is -0.136. The maximum Gasteiger partial charge on any atom is 0.248 e. The Morgan fingerprint density at radius 2 is 2.13 bits per heavy atom. The summed E-state index contributed by atoms with van der Waals surface area (Å²) in [6, 6.07) is 4.81. The molecule has 0 unspecified atom stereocenters. The molecule has 2 aliphatic rings. The van der Waals surface area contributed by atoms with Gasteiger partial charge in [0.1, 0.15) is 6.61 Å². The van der Waals surface area contributed by atoms with E-state index in [0.717, 1.165) is 45.7 Å². The summed E-state index contributed by atoms with van der Waals surface area (Å²) in [5.74, 6) is 0.0135. The molecule has 6 heteroatoms. The van der Waals surface area contributed by atoms with E-state index in [0.29, 0.717) is 6.04 Å². The molecule has 2 aliphatic heterocycles. The van der Waals surface area contributed by atoms with Crippen molar-refractivity contribution in [2.24, 2.45) is 0 Å². The second-order valence-corrected chi connectivity index (χ2v) is 6.65. The van der Waals surface area contributed by atoms with Gasteiger partial charge in [0.2, 0.25) is 5.91 Å². The predicted molar refractivity (Wildman–Crippen MR) is 87.1 cm³/mol. The molecular weight excluding hydrogens is 294 g/mol. The number of fused-ring (bicyclic) bond motifs is 1. The largest absolute Gasteiger partial charge is 0.381 e. The van der Waals surface area contributed by atoms with Crippen LogP contribution in [0.2, 0.25) is 0 Å². The van der Waals surface area contributed by atoms with Gasteiger partial charge >= 0.3 is 0 Å². The van der Waals surface area contributed by atoms with Gasteiger partial charge in [-0.3, -0.25) is 9.69 Å². The average molecular weight is 321 g/mol. The Bertz CT molecular complexity index is 523. The molecule has 0 bridgehead atoms. The molecule has 1 aromatic rings. The van der Waals surface area contributed by atoms with Crippen LogP contribution in [0, 0.1) is 0 Å².